The Bertz CT molecular complexity index is 567. The van der Waals surface area contributed by atoms with Gasteiger partial charge >= 0.3 is 6.18 Å². The number of halogens is 4. The molecule has 154 valence electrons. The average Bonchev–Trinajstić information content (AvgIpc) is 2.60. The Morgan fingerprint density at radius 2 is 1.78 bits per heavy atom. The summed E-state index contributed by atoms with van der Waals surface area (Å²) < 4.78 is 36.8. The first-order chi connectivity index (χ1) is 12.4. The third-order valence-corrected chi connectivity index (χ3v) is 4.55. The maximum atomic E-state index is 12.3. The smallest absolute Gasteiger partial charge is 0.372 e. The van der Waals surface area contributed by atoms with Crippen LogP contribution in [0.2, 0.25) is 0 Å². The molecule has 1 fully saturated rings. The van der Waals surface area contributed by atoms with E-state index in [1.165, 1.54) is 18.5 Å². The Labute approximate surface area is 177 Å². The van der Waals surface area contributed by atoms with Crippen molar-refractivity contribution in [1.29, 1.82) is 0 Å². The molecule has 2 N–H and O–H groups in total. The minimum Gasteiger partial charge on any atom is -0.372 e. The van der Waals surface area contributed by atoms with Crippen LogP contribution in [0.25, 0.3) is 0 Å². The summed E-state index contributed by atoms with van der Waals surface area (Å²) in [6.07, 6.45) is -2.59. The van der Waals surface area contributed by atoms with Crippen molar-refractivity contribution >= 4 is 35.6 Å². The van der Waals surface area contributed by atoms with Crippen LogP contribution >= 0.6 is 24.0 Å². The second-order valence-corrected chi connectivity index (χ2v) is 6.82. The third kappa shape index (κ3) is 9.03. The van der Waals surface area contributed by atoms with Crippen molar-refractivity contribution in [3.8, 4) is 0 Å². The van der Waals surface area contributed by atoms with E-state index in [0.29, 0.717) is 19.0 Å². The van der Waals surface area contributed by atoms with Gasteiger partial charge in [-0.25, -0.2) is 4.99 Å². The Morgan fingerprint density at radius 1 is 1.15 bits per heavy atom. The minimum absolute atomic E-state index is 0. The average molecular weight is 498 g/mol. The number of hydrogen-bond donors (Lipinski definition) is 2. The Morgan fingerprint density at radius 3 is 2.33 bits per heavy atom. The molecule has 0 spiro atoms. The molecule has 2 rings (SSSR count). The van der Waals surface area contributed by atoms with E-state index >= 15 is 0 Å². The lowest BCUT2D eigenvalue weighted by atomic mass is 9.99. The first-order valence-corrected chi connectivity index (χ1v) is 9.30. The van der Waals surface area contributed by atoms with E-state index in [1.54, 1.807) is 0 Å². The van der Waals surface area contributed by atoms with Gasteiger partial charge in [-0.1, -0.05) is 19.1 Å². The standard InChI is InChI=1S/C19H29F3N4.HI/c1-3-23-18(24-11-10-19(20,21)22)25-14-16-4-6-17(7-5-16)26-12-8-15(2)9-13-26;/h4-7,15H,3,8-14H2,1-2H3,(H2,23,24,25);1H. The third-order valence-electron chi connectivity index (χ3n) is 4.55. The molecule has 1 aromatic carbocycles. The number of piperidine rings is 1. The van der Waals surface area contributed by atoms with Gasteiger partial charge in [0.15, 0.2) is 5.96 Å². The highest BCUT2D eigenvalue weighted by Crippen LogP contribution is 2.23. The normalized spacial score (nSPS) is 16.0. The number of guanidine groups is 1. The molecule has 0 saturated carbocycles. The first kappa shape index (κ1) is 23.8. The van der Waals surface area contributed by atoms with Crippen LogP contribution in [-0.2, 0) is 6.54 Å². The Hall–Kier alpha value is -1.19. The van der Waals surface area contributed by atoms with Crippen molar-refractivity contribution in [2.45, 2.75) is 45.8 Å². The van der Waals surface area contributed by atoms with Crippen LogP contribution in [0.5, 0.6) is 0 Å². The fraction of sp³-hybridized carbons (Fsp3) is 0.632. The quantitative estimate of drug-likeness (QED) is 0.344. The number of anilines is 1. The van der Waals surface area contributed by atoms with Crippen molar-refractivity contribution < 1.29 is 13.2 Å². The van der Waals surface area contributed by atoms with E-state index in [9.17, 15) is 13.2 Å². The molecule has 0 aliphatic carbocycles. The lowest BCUT2D eigenvalue weighted by Gasteiger charge is -2.32. The second kappa shape index (κ2) is 11.6. The molecule has 1 aromatic rings. The van der Waals surface area contributed by atoms with Gasteiger partial charge in [0, 0.05) is 31.9 Å². The largest absolute Gasteiger partial charge is 0.390 e. The van der Waals surface area contributed by atoms with Crippen LogP contribution in [0.4, 0.5) is 18.9 Å². The number of alkyl halides is 3. The maximum Gasteiger partial charge on any atom is 0.390 e. The molecule has 0 atom stereocenters. The molecule has 27 heavy (non-hydrogen) atoms. The van der Waals surface area contributed by atoms with E-state index in [1.807, 2.05) is 19.1 Å². The molecule has 1 heterocycles. The summed E-state index contributed by atoms with van der Waals surface area (Å²) >= 11 is 0. The lowest BCUT2D eigenvalue weighted by Crippen LogP contribution is -2.38. The molecule has 1 aliphatic rings. The van der Waals surface area contributed by atoms with E-state index in [2.05, 4.69) is 39.6 Å². The summed E-state index contributed by atoms with van der Waals surface area (Å²) in [5, 5.41) is 5.69. The molecule has 0 amide bonds. The van der Waals surface area contributed by atoms with E-state index in [4.69, 9.17) is 0 Å². The summed E-state index contributed by atoms with van der Waals surface area (Å²) in [4.78, 5) is 6.77. The van der Waals surface area contributed by atoms with Crippen LogP contribution < -0.4 is 15.5 Å². The van der Waals surface area contributed by atoms with Gasteiger partial charge in [-0.05, 0) is 43.4 Å². The number of aliphatic imine (C=N–C) groups is 1. The number of rotatable bonds is 6. The second-order valence-electron chi connectivity index (χ2n) is 6.82. The van der Waals surface area contributed by atoms with Gasteiger partial charge in [0.2, 0.25) is 0 Å². The highest BCUT2D eigenvalue weighted by molar-refractivity contribution is 14.0. The van der Waals surface area contributed by atoms with Crippen LogP contribution in [0, 0.1) is 5.92 Å². The van der Waals surface area contributed by atoms with Crippen LogP contribution in [-0.4, -0.2) is 38.3 Å². The first-order valence-electron chi connectivity index (χ1n) is 9.30. The molecule has 1 saturated heterocycles. The summed E-state index contributed by atoms with van der Waals surface area (Å²) in [7, 11) is 0. The topological polar surface area (TPSA) is 39.7 Å². The monoisotopic (exact) mass is 498 g/mol. The fourth-order valence-corrected chi connectivity index (χ4v) is 2.91. The molecule has 0 radical (unpaired) electrons. The Kier molecular flexibility index (Phi) is 10.3. The van der Waals surface area contributed by atoms with Gasteiger partial charge in [-0.3, -0.25) is 0 Å². The van der Waals surface area contributed by atoms with Gasteiger partial charge < -0.3 is 15.5 Å². The Balaban J connectivity index is 0.00000364. The van der Waals surface area contributed by atoms with Crippen molar-refractivity contribution in [3.63, 3.8) is 0 Å². The zero-order valence-corrected chi connectivity index (χ0v) is 18.3. The van der Waals surface area contributed by atoms with Gasteiger partial charge in [0.1, 0.15) is 0 Å². The predicted molar refractivity (Wildman–Crippen MR) is 116 cm³/mol. The van der Waals surface area contributed by atoms with Gasteiger partial charge in [0.05, 0.1) is 13.0 Å². The zero-order valence-electron chi connectivity index (χ0n) is 16.0. The van der Waals surface area contributed by atoms with Crippen LogP contribution in [0.15, 0.2) is 29.3 Å². The molecular formula is C19H30F3IN4. The fourth-order valence-electron chi connectivity index (χ4n) is 2.91. The number of nitrogens with one attached hydrogen (secondary N) is 2. The molecule has 0 bridgehead atoms. The van der Waals surface area contributed by atoms with E-state index < -0.39 is 12.6 Å². The molecule has 1 aliphatic heterocycles. The summed E-state index contributed by atoms with van der Waals surface area (Å²) in [5.74, 6) is 1.21. The molecular weight excluding hydrogens is 468 g/mol. The lowest BCUT2D eigenvalue weighted by molar-refractivity contribution is -0.132. The van der Waals surface area contributed by atoms with Crippen LogP contribution in [0.1, 0.15) is 38.7 Å². The van der Waals surface area contributed by atoms with Crippen molar-refractivity contribution in [2.24, 2.45) is 10.9 Å². The molecule has 8 heteroatoms. The minimum atomic E-state index is -4.16. The van der Waals surface area contributed by atoms with Crippen LogP contribution in [0.3, 0.4) is 0 Å². The van der Waals surface area contributed by atoms with Crippen molar-refractivity contribution in [1.82, 2.24) is 10.6 Å². The van der Waals surface area contributed by atoms with Gasteiger partial charge in [0.25, 0.3) is 0 Å². The summed E-state index contributed by atoms with van der Waals surface area (Å²) in [6.45, 7) is 7.21. The number of hydrogen-bond acceptors (Lipinski definition) is 2. The summed E-state index contributed by atoms with van der Waals surface area (Å²) in [6, 6.07) is 8.28. The molecule has 0 aromatic heterocycles. The molecule has 4 nitrogen and oxygen atoms in total. The van der Waals surface area contributed by atoms with Gasteiger partial charge in [-0.15, -0.1) is 24.0 Å². The highest BCUT2D eigenvalue weighted by atomic mass is 127. The van der Waals surface area contributed by atoms with Crippen molar-refractivity contribution in [3.05, 3.63) is 29.8 Å². The zero-order chi connectivity index (χ0) is 19.0. The van der Waals surface area contributed by atoms with Gasteiger partial charge in [-0.2, -0.15) is 13.2 Å². The predicted octanol–water partition coefficient (Wildman–Crippen LogP) is 4.55. The van der Waals surface area contributed by atoms with Crippen molar-refractivity contribution in [2.75, 3.05) is 31.1 Å². The maximum absolute atomic E-state index is 12.3. The SMILES string of the molecule is CCNC(=NCc1ccc(N2CCC(C)CC2)cc1)NCCC(F)(F)F.I. The highest BCUT2D eigenvalue weighted by Gasteiger charge is 2.26. The summed E-state index contributed by atoms with van der Waals surface area (Å²) in [5.41, 5.74) is 2.26. The number of benzene rings is 1. The number of nitrogens with zero attached hydrogens (tertiary/aromatic N) is 2. The molecule has 0 unspecified atom stereocenters. The van der Waals surface area contributed by atoms with E-state index in [-0.39, 0.29) is 30.5 Å². The van der Waals surface area contributed by atoms with E-state index in [0.717, 1.165) is 24.6 Å².